The number of carbonyl (C=O) groups is 2. The summed E-state index contributed by atoms with van der Waals surface area (Å²) in [6, 6.07) is 0. The van der Waals surface area contributed by atoms with Crippen molar-refractivity contribution < 1.29 is 27.5 Å². The fourth-order valence-corrected chi connectivity index (χ4v) is 1.79. The van der Waals surface area contributed by atoms with Crippen LogP contribution in [0, 0.1) is 6.92 Å². The van der Waals surface area contributed by atoms with Crippen LogP contribution in [0.25, 0.3) is 0 Å². The van der Waals surface area contributed by atoms with Gasteiger partial charge in [0.25, 0.3) is 11.3 Å². The predicted octanol–water partition coefficient (Wildman–Crippen LogP) is 0.170. The summed E-state index contributed by atoms with van der Waals surface area (Å²) < 4.78 is 42.4. The van der Waals surface area contributed by atoms with E-state index in [1.807, 2.05) is 0 Å². The maximum absolute atomic E-state index is 12.9. The molecule has 0 aliphatic rings. The molecule has 0 aliphatic heterocycles. The van der Waals surface area contributed by atoms with Gasteiger partial charge in [-0.15, -0.1) is 13.2 Å². The van der Waals surface area contributed by atoms with Crippen LogP contribution in [0.5, 0.6) is 0 Å². The van der Waals surface area contributed by atoms with E-state index in [4.69, 9.17) is 0 Å². The molecule has 0 fully saturated rings. The summed E-state index contributed by atoms with van der Waals surface area (Å²) in [6.07, 6.45) is -5.14. The van der Waals surface area contributed by atoms with Crippen LogP contribution >= 0.6 is 0 Å². The first-order chi connectivity index (χ1) is 9.57. The number of methoxy groups -OCH3 is 1. The molecule has 1 aromatic rings. The number of esters is 1. The Morgan fingerprint density at radius 1 is 1.24 bits per heavy atom. The third-order valence-electron chi connectivity index (χ3n) is 2.75. The van der Waals surface area contributed by atoms with Crippen LogP contribution < -0.4 is 11.2 Å². The van der Waals surface area contributed by atoms with E-state index in [1.165, 1.54) is 6.92 Å². The van der Waals surface area contributed by atoms with Crippen LogP contribution in [0.2, 0.25) is 0 Å². The molecule has 0 saturated carbocycles. The second kappa shape index (κ2) is 5.54. The average molecular weight is 308 g/mol. The fourth-order valence-electron chi connectivity index (χ4n) is 1.79. The Morgan fingerprint density at radius 2 is 1.76 bits per heavy atom. The van der Waals surface area contributed by atoms with Gasteiger partial charge >= 0.3 is 18.0 Å². The number of rotatable bonds is 3. The largest absolute Gasteiger partial charge is 0.492 e. The molecule has 0 aromatic carbocycles. The lowest BCUT2D eigenvalue weighted by molar-refractivity contribution is -0.208. The molecule has 0 atom stereocenters. The maximum atomic E-state index is 12.9. The lowest BCUT2D eigenvalue weighted by atomic mass is 10.1. The van der Waals surface area contributed by atoms with Crippen LogP contribution in [0.3, 0.4) is 0 Å². The Morgan fingerprint density at radius 3 is 2.14 bits per heavy atom. The minimum Gasteiger partial charge on any atom is -0.463 e. The average Bonchev–Trinajstić information content (AvgIpc) is 2.36. The van der Waals surface area contributed by atoms with Crippen molar-refractivity contribution in [2.75, 3.05) is 7.11 Å². The summed E-state index contributed by atoms with van der Waals surface area (Å²) in [5, 5.41) is 0. The second-order valence-corrected chi connectivity index (χ2v) is 3.92. The molecule has 0 unspecified atom stereocenters. The summed E-state index contributed by atoms with van der Waals surface area (Å²) in [7, 11) is 0.841. The molecule has 116 valence electrons. The lowest BCUT2D eigenvalue weighted by Gasteiger charge is -2.17. The number of nitrogens with zero attached hydrogens (tertiary/aromatic N) is 2. The molecule has 1 heterocycles. The van der Waals surface area contributed by atoms with Crippen LogP contribution in [0.1, 0.15) is 23.0 Å². The van der Waals surface area contributed by atoms with Gasteiger partial charge in [-0.2, -0.15) is 0 Å². The number of hydrogen-bond donors (Lipinski definition) is 0. The van der Waals surface area contributed by atoms with Crippen LogP contribution in [0.15, 0.2) is 9.59 Å². The first-order valence-corrected chi connectivity index (χ1v) is 5.64. The molecule has 7 nitrogen and oxygen atoms in total. The highest BCUT2D eigenvalue weighted by Crippen LogP contribution is 2.22. The highest BCUT2D eigenvalue weighted by Gasteiger charge is 2.38. The first kappa shape index (κ1) is 16.7. The number of ketones is 1. The van der Waals surface area contributed by atoms with Gasteiger partial charge in [0.2, 0.25) is 0 Å². The van der Waals surface area contributed by atoms with E-state index < -0.39 is 51.7 Å². The van der Waals surface area contributed by atoms with Crippen molar-refractivity contribution in [2.45, 2.75) is 26.7 Å². The smallest absolute Gasteiger partial charge is 0.463 e. The first-order valence-electron chi connectivity index (χ1n) is 5.64. The second-order valence-electron chi connectivity index (χ2n) is 3.92. The van der Waals surface area contributed by atoms with E-state index >= 15 is 0 Å². The standard InChI is InChI=1S/C11H11F3N2O5/c1-4-15-8(18)6(7(17)9(19)21-3)5(2)16(10(15)20)11(12,13)14/h4H2,1-3H3. The van der Waals surface area contributed by atoms with Gasteiger partial charge in [-0.05, 0) is 13.8 Å². The third kappa shape index (κ3) is 2.73. The minimum atomic E-state index is -5.14. The Kier molecular flexibility index (Phi) is 4.40. The van der Waals surface area contributed by atoms with E-state index in [9.17, 15) is 32.3 Å². The van der Waals surface area contributed by atoms with Crippen LogP contribution in [-0.2, 0) is 22.4 Å². The topological polar surface area (TPSA) is 87.4 Å². The predicted molar refractivity (Wildman–Crippen MR) is 63.0 cm³/mol. The minimum absolute atomic E-state index is 0.219. The van der Waals surface area contributed by atoms with Crippen LogP contribution in [0.4, 0.5) is 13.2 Å². The van der Waals surface area contributed by atoms with E-state index in [2.05, 4.69) is 4.74 Å². The van der Waals surface area contributed by atoms with Crippen molar-refractivity contribution in [1.29, 1.82) is 0 Å². The zero-order chi connectivity index (χ0) is 16.5. The van der Waals surface area contributed by atoms with E-state index in [0.29, 0.717) is 0 Å². The maximum Gasteiger partial charge on any atom is 0.492 e. The molecule has 21 heavy (non-hydrogen) atoms. The monoisotopic (exact) mass is 308 g/mol. The lowest BCUT2D eigenvalue weighted by Crippen LogP contribution is -2.48. The molecule has 0 amide bonds. The molecule has 10 heteroatoms. The molecular formula is C11H11F3N2O5. The zero-order valence-electron chi connectivity index (χ0n) is 11.3. The molecule has 0 aliphatic carbocycles. The quantitative estimate of drug-likeness (QED) is 0.451. The summed E-state index contributed by atoms with van der Waals surface area (Å²) in [6.45, 7) is 1.62. The van der Waals surface area contributed by atoms with Gasteiger partial charge in [0, 0.05) is 12.2 Å². The molecular weight excluding hydrogens is 297 g/mol. The number of alkyl halides is 3. The SMILES string of the molecule is CCn1c(=O)c(C(=O)C(=O)OC)c(C)n(C(F)(F)F)c1=O. The normalized spacial score (nSPS) is 11.3. The van der Waals surface area contributed by atoms with Crippen molar-refractivity contribution in [3.8, 4) is 0 Å². The Hall–Kier alpha value is -2.39. The number of aromatic nitrogens is 2. The number of hydrogen-bond acceptors (Lipinski definition) is 5. The zero-order valence-corrected chi connectivity index (χ0v) is 11.3. The van der Waals surface area contributed by atoms with Crippen molar-refractivity contribution in [2.24, 2.45) is 0 Å². The van der Waals surface area contributed by atoms with Gasteiger partial charge in [-0.1, -0.05) is 0 Å². The van der Waals surface area contributed by atoms with Crippen molar-refractivity contribution in [1.82, 2.24) is 9.13 Å². The van der Waals surface area contributed by atoms with Crippen LogP contribution in [-0.4, -0.2) is 28.0 Å². The van der Waals surface area contributed by atoms with Gasteiger partial charge in [0.1, 0.15) is 5.56 Å². The molecule has 0 N–H and O–H groups in total. The number of carbonyl (C=O) groups excluding carboxylic acids is 2. The van der Waals surface area contributed by atoms with Gasteiger partial charge < -0.3 is 4.74 Å². The summed E-state index contributed by atoms with van der Waals surface area (Å²) in [4.78, 5) is 46.5. The van der Waals surface area contributed by atoms with Gasteiger partial charge in [-0.3, -0.25) is 14.2 Å². The van der Waals surface area contributed by atoms with Gasteiger partial charge in [0.15, 0.2) is 0 Å². The van der Waals surface area contributed by atoms with E-state index in [1.54, 1.807) is 0 Å². The highest BCUT2D eigenvalue weighted by atomic mass is 19.4. The number of ether oxygens (including phenoxy) is 1. The Balaban J connectivity index is 3.91. The summed E-state index contributed by atoms with van der Waals surface area (Å²) in [5.74, 6) is -3.04. The highest BCUT2D eigenvalue weighted by molar-refractivity contribution is 6.40. The van der Waals surface area contributed by atoms with Gasteiger partial charge in [0.05, 0.1) is 7.11 Å². The third-order valence-corrected chi connectivity index (χ3v) is 2.75. The summed E-state index contributed by atoms with van der Waals surface area (Å²) >= 11 is 0. The molecule has 0 spiro atoms. The molecule has 1 rings (SSSR count). The Bertz CT molecular complexity index is 714. The van der Waals surface area contributed by atoms with E-state index in [0.717, 1.165) is 14.0 Å². The molecule has 1 aromatic heterocycles. The summed E-state index contributed by atoms with van der Waals surface area (Å²) in [5.41, 5.74) is -4.90. The molecule has 0 bridgehead atoms. The molecule has 0 saturated heterocycles. The van der Waals surface area contributed by atoms with Crippen molar-refractivity contribution >= 4 is 11.8 Å². The molecule has 0 radical (unpaired) electrons. The number of Topliss-reactive ketones (excluding diaryl/α,β-unsaturated/α-hetero) is 1. The van der Waals surface area contributed by atoms with E-state index in [-0.39, 0.29) is 4.57 Å². The fraction of sp³-hybridized carbons (Fsp3) is 0.455. The van der Waals surface area contributed by atoms with Crippen molar-refractivity contribution in [3.05, 3.63) is 32.1 Å². The van der Waals surface area contributed by atoms with Gasteiger partial charge in [-0.25, -0.2) is 14.2 Å². The van der Waals surface area contributed by atoms with Crippen molar-refractivity contribution in [3.63, 3.8) is 0 Å². The number of halogens is 3. The Labute approximate surface area is 115 Å².